The summed E-state index contributed by atoms with van der Waals surface area (Å²) in [6.07, 6.45) is 3.81. The second kappa shape index (κ2) is 9.12. The molecule has 0 saturated carbocycles. The topological polar surface area (TPSA) is 66.6 Å². The SMILES string of the molecule is Cc1ccc(Nc2nc(Nc3ccc(C)cc3)nc(-[n+]3ccccc3)n2)cc1.[Cl-]. The van der Waals surface area contributed by atoms with Gasteiger partial charge >= 0.3 is 17.8 Å². The molecule has 0 spiro atoms. The number of halogens is 1. The Balaban J connectivity index is 0.00000240. The Morgan fingerprint density at radius 1 is 0.621 bits per heavy atom. The van der Waals surface area contributed by atoms with Crippen LogP contribution >= 0.6 is 0 Å². The molecule has 0 bridgehead atoms. The van der Waals surface area contributed by atoms with Gasteiger partial charge in [0, 0.05) is 11.4 Å². The minimum atomic E-state index is 0. The van der Waals surface area contributed by atoms with Crippen LogP contribution in [0, 0.1) is 13.8 Å². The Kier molecular flexibility index (Phi) is 6.36. The predicted molar refractivity (Wildman–Crippen MR) is 110 cm³/mol. The van der Waals surface area contributed by atoms with Gasteiger partial charge in [0.2, 0.25) is 0 Å². The van der Waals surface area contributed by atoms with Gasteiger partial charge in [-0.1, -0.05) is 41.5 Å². The lowest BCUT2D eigenvalue weighted by molar-refractivity contribution is -0.603. The third-order valence-electron chi connectivity index (χ3n) is 4.19. The van der Waals surface area contributed by atoms with E-state index in [0.717, 1.165) is 11.4 Å². The van der Waals surface area contributed by atoms with Crippen LogP contribution in [0.4, 0.5) is 23.3 Å². The van der Waals surface area contributed by atoms with Crippen LogP contribution in [0.5, 0.6) is 0 Å². The molecular weight excluding hydrogens is 384 g/mol. The minimum Gasteiger partial charge on any atom is -1.00 e. The minimum absolute atomic E-state index is 0. The van der Waals surface area contributed by atoms with Crippen LogP contribution < -0.4 is 27.6 Å². The molecule has 7 heteroatoms. The Morgan fingerprint density at radius 3 is 1.52 bits per heavy atom. The first kappa shape index (κ1) is 20.2. The van der Waals surface area contributed by atoms with Crippen LogP contribution in [-0.4, -0.2) is 15.0 Å². The molecule has 0 atom stereocenters. The van der Waals surface area contributed by atoms with Gasteiger partial charge in [0.25, 0.3) is 0 Å². The van der Waals surface area contributed by atoms with E-state index in [2.05, 4.69) is 39.4 Å². The number of aryl methyl sites for hydroxylation is 2. The summed E-state index contributed by atoms with van der Waals surface area (Å²) < 4.78 is 1.85. The fourth-order valence-electron chi connectivity index (χ4n) is 2.66. The zero-order valence-corrected chi connectivity index (χ0v) is 16.9. The number of hydrogen-bond donors (Lipinski definition) is 2. The summed E-state index contributed by atoms with van der Waals surface area (Å²) in [6.45, 7) is 4.11. The molecule has 0 unspecified atom stereocenters. The highest BCUT2D eigenvalue weighted by Crippen LogP contribution is 2.18. The summed E-state index contributed by atoms with van der Waals surface area (Å²) in [5.41, 5.74) is 4.23. The van der Waals surface area contributed by atoms with Crippen molar-refractivity contribution in [3.63, 3.8) is 0 Å². The van der Waals surface area contributed by atoms with Crippen molar-refractivity contribution in [1.82, 2.24) is 15.0 Å². The lowest BCUT2D eigenvalue weighted by Crippen LogP contribution is -3.00. The van der Waals surface area contributed by atoms with Gasteiger partial charge in [0.1, 0.15) is 0 Å². The average Bonchev–Trinajstić information content (AvgIpc) is 2.72. The van der Waals surface area contributed by atoms with Gasteiger partial charge < -0.3 is 23.0 Å². The van der Waals surface area contributed by atoms with Crippen LogP contribution in [0.2, 0.25) is 0 Å². The first-order valence-electron chi connectivity index (χ1n) is 9.06. The second-order valence-electron chi connectivity index (χ2n) is 6.55. The lowest BCUT2D eigenvalue weighted by atomic mass is 10.2. The number of nitrogens with one attached hydrogen (secondary N) is 2. The monoisotopic (exact) mass is 404 g/mol. The third kappa shape index (κ3) is 5.27. The van der Waals surface area contributed by atoms with Crippen LogP contribution in [0.1, 0.15) is 11.1 Å². The first-order chi connectivity index (χ1) is 13.7. The van der Waals surface area contributed by atoms with E-state index in [1.807, 2.05) is 83.7 Å². The van der Waals surface area contributed by atoms with E-state index >= 15 is 0 Å². The number of rotatable bonds is 5. The predicted octanol–water partition coefficient (Wildman–Crippen LogP) is 1.26. The van der Waals surface area contributed by atoms with Crippen molar-refractivity contribution in [2.75, 3.05) is 10.6 Å². The summed E-state index contributed by atoms with van der Waals surface area (Å²) in [4.78, 5) is 13.7. The summed E-state index contributed by atoms with van der Waals surface area (Å²) >= 11 is 0. The Labute approximate surface area is 176 Å². The van der Waals surface area contributed by atoms with Gasteiger partial charge in [-0.2, -0.15) is 0 Å². The van der Waals surface area contributed by atoms with E-state index in [0.29, 0.717) is 17.8 Å². The van der Waals surface area contributed by atoms with Gasteiger partial charge in [-0.15, -0.1) is 4.98 Å². The molecule has 4 aromatic rings. The van der Waals surface area contributed by atoms with Gasteiger partial charge in [0.15, 0.2) is 0 Å². The van der Waals surface area contributed by atoms with Crippen LogP contribution in [-0.2, 0) is 0 Å². The van der Waals surface area contributed by atoms with Crippen LogP contribution in [0.15, 0.2) is 79.1 Å². The van der Waals surface area contributed by atoms with Gasteiger partial charge in [-0.25, -0.2) is 4.57 Å². The molecule has 4 rings (SSSR count). The highest BCUT2D eigenvalue weighted by atomic mass is 35.5. The number of anilines is 4. The molecule has 2 N–H and O–H groups in total. The lowest BCUT2D eigenvalue weighted by Gasteiger charge is -2.06. The average molecular weight is 405 g/mol. The molecule has 0 fully saturated rings. The highest BCUT2D eigenvalue weighted by molar-refractivity contribution is 5.58. The van der Waals surface area contributed by atoms with Crippen molar-refractivity contribution in [3.8, 4) is 5.95 Å². The molecule has 2 aromatic carbocycles. The number of aromatic nitrogens is 4. The van der Waals surface area contributed by atoms with E-state index in [9.17, 15) is 0 Å². The summed E-state index contributed by atoms with van der Waals surface area (Å²) in [6, 6.07) is 22.0. The number of nitrogens with zero attached hydrogens (tertiary/aromatic N) is 4. The number of benzene rings is 2. The van der Waals surface area contributed by atoms with Crippen molar-refractivity contribution in [3.05, 3.63) is 90.3 Å². The summed E-state index contributed by atoms with van der Waals surface area (Å²) in [5.74, 6) is 1.47. The van der Waals surface area contributed by atoms with E-state index in [1.54, 1.807) is 0 Å². The maximum absolute atomic E-state index is 4.57. The third-order valence-corrected chi connectivity index (χ3v) is 4.19. The quantitative estimate of drug-likeness (QED) is 0.490. The molecule has 6 nitrogen and oxygen atoms in total. The largest absolute Gasteiger partial charge is 1.00 e. The molecule has 0 aliphatic rings. The van der Waals surface area contributed by atoms with E-state index in [1.165, 1.54) is 11.1 Å². The standard InChI is InChI=1S/C22H21N6.ClH/c1-16-6-10-18(11-7-16)23-20-25-21(24-19-12-8-17(2)9-13-19)27-22(26-20)28-14-4-3-5-15-28;/h3-15H,1-2H3,(H2,23,24,25,26,27);1H/q+1;/p-1. The molecule has 29 heavy (non-hydrogen) atoms. The highest BCUT2D eigenvalue weighted by Gasteiger charge is 2.18. The fourth-order valence-corrected chi connectivity index (χ4v) is 2.66. The van der Waals surface area contributed by atoms with Gasteiger partial charge in [-0.05, 0) is 60.2 Å². The molecule has 146 valence electrons. The van der Waals surface area contributed by atoms with Crippen molar-refractivity contribution >= 4 is 23.3 Å². The van der Waals surface area contributed by atoms with Crippen molar-refractivity contribution in [1.29, 1.82) is 0 Å². The van der Waals surface area contributed by atoms with E-state index in [4.69, 9.17) is 0 Å². The zero-order valence-electron chi connectivity index (χ0n) is 16.2. The van der Waals surface area contributed by atoms with E-state index < -0.39 is 0 Å². The van der Waals surface area contributed by atoms with Crippen molar-refractivity contribution in [2.24, 2.45) is 0 Å². The molecule has 0 aliphatic heterocycles. The Bertz CT molecular complexity index is 1000. The normalized spacial score (nSPS) is 10.1. The Morgan fingerprint density at radius 2 is 1.07 bits per heavy atom. The van der Waals surface area contributed by atoms with Gasteiger partial charge in [-0.3, -0.25) is 0 Å². The van der Waals surface area contributed by atoms with Crippen molar-refractivity contribution < 1.29 is 17.0 Å². The summed E-state index contributed by atoms with van der Waals surface area (Å²) in [7, 11) is 0. The molecule has 0 radical (unpaired) electrons. The maximum atomic E-state index is 4.57. The van der Waals surface area contributed by atoms with Crippen molar-refractivity contribution in [2.45, 2.75) is 13.8 Å². The van der Waals surface area contributed by atoms with Crippen LogP contribution in [0.25, 0.3) is 5.95 Å². The first-order valence-corrected chi connectivity index (χ1v) is 9.06. The summed E-state index contributed by atoms with van der Waals surface area (Å²) in [5, 5.41) is 6.52. The fraction of sp³-hybridized carbons (Fsp3) is 0.0909. The number of hydrogen-bond acceptors (Lipinski definition) is 5. The molecule has 0 amide bonds. The molecule has 0 saturated heterocycles. The van der Waals surface area contributed by atoms with Gasteiger partial charge in [0.05, 0.1) is 12.4 Å². The van der Waals surface area contributed by atoms with Crippen LogP contribution in [0.3, 0.4) is 0 Å². The molecule has 2 aromatic heterocycles. The van der Waals surface area contributed by atoms with E-state index in [-0.39, 0.29) is 12.4 Å². The second-order valence-corrected chi connectivity index (χ2v) is 6.55. The maximum Gasteiger partial charge on any atom is 0.444 e. The smallest absolute Gasteiger partial charge is 0.444 e. The number of pyridine rings is 1. The zero-order chi connectivity index (χ0) is 19.3. The molecule has 0 aliphatic carbocycles. The molecular formula is C22H21ClN6. The molecule has 2 heterocycles. The Hall–Kier alpha value is -3.51.